The lowest BCUT2D eigenvalue weighted by atomic mass is 10.0. The van der Waals surface area contributed by atoms with Gasteiger partial charge in [-0.3, -0.25) is 0 Å². The second-order valence-electron chi connectivity index (χ2n) is 4.88. The molecule has 2 rings (SSSR count). The van der Waals surface area contributed by atoms with Gasteiger partial charge in [0.1, 0.15) is 0 Å². The Kier molecular flexibility index (Phi) is 3.82. The maximum Gasteiger partial charge on any atom is 0.0651 e. The van der Waals surface area contributed by atoms with Gasteiger partial charge in [0.25, 0.3) is 0 Å². The van der Waals surface area contributed by atoms with E-state index in [1.165, 1.54) is 5.56 Å². The number of hydrogen-bond donors (Lipinski definition) is 1. The first-order valence-electron chi connectivity index (χ1n) is 6.48. The smallest absolute Gasteiger partial charge is 0.0651 e. The summed E-state index contributed by atoms with van der Waals surface area (Å²) in [5.41, 5.74) is 10.6. The van der Waals surface area contributed by atoms with Gasteiger partial charge in [0.05, 0.1) is 11.4 Å². The first kappa shape index (κ1) is 12.8. The lowest BCUT2D eigenvalue weighted by Crippen LogP contribution is -2.21. The summed E-state index contributed by atoms with van der Waals surface area (Å²) in [4.78, 5) is 0. The van der Waals surface area contributed by atoms with E-state index in [9.17, 15) is 0 Å². The number of nitrogens with zero attached hydrogens (tertiary/aromatic N) is 2. The molecular weight excluding hydrogens is 222 g/mol. The van der Waals surface area contributed by atoms with Crippen LogP contribution in [-0.2, 0) is 6.42 Å². The molecule has 0 spiro atoms. The van der Waals surface area contributed by atoms with Gasteiger partial charge in [-0.25, -0.2) is 4.68 Å². The predicted molar refractivity (Wildman–Crippen MR) is 75.0 cm³/mol. The highest BCUT2D eigenvalue weighted by molar-refractivity contribution is 5.37. The molecule has 0 aliphatic carbocycles. The average Bonchev–Trinajstić information content (AvgIpc) is 2.68. The molecule has 0 aliphatic rings. The van der Waals surface area contributed by atoms with Gasteiger partial charge >= 0.3 is 0 Å². The molecule has 0 bridgehead atoms. The van der Waals surface area contributed by atoms with Crippen molar-refractivity contribution in [2.24, 2.45) is 5.73 Å². The highest BCUT2D eigenvalue weighted by Gasteiger charge is 2.06. The van der Waals surface area contributed by atoms with E-state index in [2.05, 4.69) is 49.3 Å². The molecule has 2 N–H and O–H groups in total. The Morgan fingerprint density at radius 3 is 2.67 bits per heavy atom. The largest absolute Gasteiger partial charge is 0.327 e. The third-order valence-corrected chi connectivity index (χ3v) is 3.19. The van der Waals surface area contributed by atoms with Crippen molar-refractivity contribution in [1.29, 1.82) is 0 Å². The lowest BCUT2D eigenvalue weighted by molar-refractivity contribution is 0.646. The zero-order chi connectivity index (χ0) is 13.1. The minimum atomic E-state index is 0.237. The van der Waals surface area contributed by atoms with Gasteiger partial charge in [-0.15, -0.1) is 0 Å². The first-order chi connectivity index (χ1) is 8.60. The van der Waals surface area contributed by atoms with E-state index in [4.69, 9.17) is 5.73 Å². The van der Waals surface area contributed by atoms with Crippen LogP contribution in [0.3, 0.4) is 0 Å². The minimum absolute atomic E-state index is 0.237. The molecule has 2 aromatic rings. The molecule has 1 atom stereocenters. The fourth-order valence-corrected chi connectivity index (χ4v) is 2.15. The normalized spacial score (nSPS) is 12.7. The molecule has 1 heterocycles. The average molecular weight is 243 g/mol. The highest BCUT2D eigenvalue weighted by Crippen LogP contribution is 2.15. The van der Waals surface area contributed by atoms with E-state index in [-0.39, 0.29) is 6.04 Å². The van der Waals surface area contributed by atoms with E-state index in [1.807, 2.05) is 11.6 Å². The second-order valence-corrected chi connectivity index (χ2v) is 4.88. The molecule has 1 unspecified atom stereocenters. The number of benzene rings is 1. The Labute approximate surface area is 109 Å². The summed E-state index contributed by atoms with van der Waals surface area (Å²) >= 11 is 0. The van der Waals surface area contributed by atoms with Crippen LogP contribution >= 0.6 is 0 Å². The molecule has 0 fully saturated rings. The summed E-state index contributed by atoms with van der Waals surface area (Å²) in [5.74, 6) is 0. The zero-order valence-corrected chi connectivity index (χ0v) is 11.4. The maximum atomic E-state index is 6.01. The van der Waals surface area contributed by atoms with Gasteiger partial charge in [0.2, 0.25) is 0 Å². The van der Waals surface area contributed by atoms with E-state index in [1.54, 1.807) is 0 Å². The van der Waals surface area contributed by atoms with Crippen molar-refractivity contribution in [1.82, 2.24) is 9.78 Å². The SMILES string of the molecule is CCC(N)Cc1cccc(-n2nc(C)cc2C)c1. The number of nitrogens with two attached hydrogens (primary N) is 1. The van der Waals surface area contributed by atoms with Gasteiger partial charge < -0.3 is 5.73 Å². The van der Waals surface area contributed by atoms with Crippen molar-refractivity contribution in [3.05, 3.63) is 47.3 Å². The third kappa shape index (κ3) is 2.79. The summed E-state index contributed by atoms with van der Waals surface area (Å²) in [6.45, 7) is 6.21. The Morgan fingerprint density at radius 1 is 1.28 bits per heavy atom. The summed E-state index contributed by atoms with van der Waals surface area (Å²) in [6, 6.07) is 10.8. The lowest BCUT2D eigenvalue weighted by Gasteiger charge is -2.11. The highest BCUT2D eigenvalue weighted by atomic mass is 15.3. The maximum absolute atomic E-state index is 6.01. The molecule has 0 aliphatic heterocycles. The molecule has 1 aromatic carbocycles. The van der Waals surface area contributed by atoms with Gasteiger partial charge in [-0.2, -0.15) is 5.10 Å². The first-order valence-corrected chi connectivity index (χ1v) is 6.48. The predicted octanol–water partition coefficient (Wildman–Crippen LogP) is 2.77. The monoisotopic (exact) mass is 243 g/mol. The van der Waals surface area contributed by atoms with Crippen LogP contribution in [0.25, 0.3) is 5.69 Å². The van der Waals surface area contributed by atoms with Crippen molar-refractivity contribution in [3.63, 3.8) is 0 Å². The summed E-state index contributed by atoms with van der Waals surface area (Å²) in [5, 5.41) is 4.51. The standard InChI is InChI=1S/C15H21N3/c1-4-14(16)9-13-6-5-7-15(10-13)18-12(3)8-11(2)17-18/h5-8,10,14H,4,9,16H2,1-3H3. The molecule has 18 heavy (non-hydrogen) atoms. The Morgan fingerprint density at radius 2 is 2.06 bits per heavy atom. The quantitative estimate of drug-likeness (QED) is 0.897. The molecular formula is C15H21N3. The summed E-state index contributed by atoms with van der Waals surface area (Å²) in [7, 11) is 0. The van der Waals surface area contributed by atoms with Crippen LogP contribution < -0.4 is 5.73 Å². The fourth-order valence-electron chi connectivity index (χ4n) is 2.15. The second kappa shape index (κ2) is 5.36. The molecule has 0 saturated heterocycles. The fraction of sp³-hybridized carbons (Fsp3) is 0.400. The zero-order valence-electron chi connectivity index (χ0n) is 11.4. The van der Waals surface area contributed by atoms with Crippen molar-refractivity contribution in [2.75, 3.05) is 0 Å². The molecule has 96 valence electrons. The molecule has 0 amide bonds. The Balaban J connectivity index is 2.29. The van der Waals surface area contributed by atoms with Crippen molar-refractivity contribution < 1.29 is 0 Å². The van der Waals surface area contributed by atoms with Crippen molar-refractivity contribution in [3.8, 4) is 5.69 Å². The molecule has 0 radical (unpaired) electrons. The van der Waals surface area contributed by atoms with Crippen LogP contribution in [0.5, 0.6) is 0 Å². The van der Waals surface area contributed by atoms with E-state index in [0.717, 1.165) is 29.9 Å². The molecule has 0 saturated carbocycles. The molecule has 3 nitrogen and oxygen atoms in total. The number of aryl methyl sites for hydroxylation is 2. The third-order valence-electron chi connectivity index (χ3n) is 3.19. The number of aromatic nitrogens is 2. The van der Waals surface area contributed by atoms with Gasteiger partial charge in [-0.05, 0) is 50.5 Å². The Hall–Kier alpha value is -1.61. The van der Waals surface area contributed by atoms with Crippen LogP contribution in [0.2, 0.25) is 0 Å². The van der Waals surface area contributed by atoms with Crippen molar-refractivity contribution in [2.45, 2.75) is 39.7 Å². The van der Waals surface area contributed by atoms with Crippen LogP contribution in [-0.4, -0.2) is 15.8 Å². The van der Waals surface area contributed by atoms with E-state index >= 15 is 0 Å². The molecule has 3 heteroatoms. The van der Waals surface area contributed by atoms with Gasteiger partial charge in [-0.1, -0.05) is 19.1 Å². The summed E-state index contributed by atoms with van der Waals surface area (Å²) < 4.78 is 1.98. The van der Waals surface area contributed by atoms with Gasteiger partial charge in [0.15, 0.2) is 0 Å². The number of hydrogen-bond acceptors (Lipinski definition) is 2. The van der Waals surface area contributed by atoms with Crippen LogP contribution in [0.15, 0.2) is 30.3 Å². The number of rotatable bonds is 4. The topological polar surface area (TPSA) is 43.8 Å². The molecule has 1 aromatic heterocycles. The minimum Gasteiger partial charge on any atom is -0.327 e. The van der Waals surface area contributed by atoms with Gasteiger partial charge in [0, 0.05) is 11.7 Å². The summed E-state index contributed by atoms with van der Waals surface area (Å²) in [6.07, 6.45) is 1.92. The Bertz CT molecular complexity index is 528. The van der Waals surface area contributed by atoms with E-state index in [0.29, 0.717) is 0 Å². The van der Waals surface area contributed by atoms with Crippen LogP contribution in [0.1, 0.15) is 30.3 Å². The van der Waals surface area contributed by atoms with E-state index < -0.39 is 0 Å². The van der Waals surface area contributed by atoms with Crippen LogP contribution in [0, 0.1) is 13.8 Å². The van der Waals surface area contributed by atoms with Crippen molar-refractivity contribution >= 4 is 0 Å². The van der Waals surface area contributed by atoms with Crippen LogP contribution in [0.4, 0.5) is 0 Å².